The highest BCUT2D eigenvalue weighted by molar-refractivity contribution is 8.23. The molecule has 4 heteroatoms. The van der Waals surface area contributed by atoms with E-state index in [1.54, 1.807) is 0 Å². The van der Waals surface area contributed by atoms with Gasteiger partial charge in [0.1, 0.15) is 4.32 Å². The van der Waals surface area contributed by atoms with Crippen LogP contribution in [0.1, 0.15) is 13.8 Å². The Bertz CT molecular complexity index is 152. The maximum absolute atomic E-state index is 5.30. The number of nitrogens with zero attached hydrogens (tertiary/aromatic N) is 1. The Morgan fingerprint density at radius 3 is 2.58 bits per heavy atom. The Morgan fingerprint density at radius 1 is 1.58 bits per heavy atom. The van der Waals surface area contributed by atoms with Gasteiger partial charge in [-0.25, -0.2) is 0 Å². The van der Waals surface area contributed by atoms with E-state index in [4.69, 9.17) is 12.2 Å². The van der Waals surface area contributed by atoms with Crippen molar-refractivity contribution in [3.8, 4) is 0 Å². The Labute approximate surface area is 88.7 Å². The van der Waals surface area contributed by atoms with Crippen molar-refractivity contribution < 1.29 is 0 Å². The van der Waals surface area contributed by atoms with Crippen molar-refractivity contribution in [2.75, 3.05) is 24.6 Å². The van der Waals surface area contributed by atoms with E-state index in [0.717, 1.165) is 22.7 Å². The third-order valence-electron chi connectivity index (χ3n) is 1.82. The second-order valence-electron chi connectivity index (χ2n) is 2.70. The van der Waals surface area contributed by atoms with E-state index < -0.39 is 0 Å². The molecule has 1 fully saturated rings. The molecule has 0 radical (unpaired) electrons. The van der Waals surface area contributed by atoms with Crippen molar-refractivity contribution in [3.63, 3.8) is 0 Å². The van der Waals surface area contributed by atoms with E-state index in [9.17, 15) is 0 Å². The van der Waals surface area contributed by atoms with E-state index >= 15 is 0 Å². The molecule has 1 nitrogen and oxygen atoms in total. The lowest BCUT2D eigenvalue weighted by molar-refractivity contribution is 0.482. The average Bonchev–Trinajstić information content (AvgIpc) is 2.86. The summed E-state index contributed by atoms with van der Waals surface area (Å²) in [7, 11) is 0. The van der Waals surface area contributed by atoms with Crippen LogP contribution in [0.15, 0.2) is 0 Å². The Balaban J connectivity index is 2.15. The standard InChI is InChI=1S/C8H15NS3/c1-3-9(4-2)8(10)12-6-7-5-11-7/h7H,3-6H2,1-2H3. The van der Waals surface area contributed by atoms with Gasteiger partial charge in [-0.2, -0.15) is 11.8 Å². The van der Waals surface area contributed by atoms with Gasteiger partial charge in [-0.1, -0.05) is 24.0 Å². The van der Waals surface area contributed by atoms with Crippen molar-refractivity contribution in [3.05, 3.63) is 0 Å². The first-order valence-corrected chi connectivity index (χ1v) is 6.75. The third-order valence-corrected chi connectivity index (χ3v) is 4.69. The number of thioether (sulfide) groups is 2. The van der Waals surface area contributed by atoms with Crippen LogP contribution >= 0.6 is 35.7 Å². The van der Waals surface area contributed by atoms with Crippen LogP contribution in [0, 0.1) is 0 Å². The number of rotatable bonds is 4. The van der Waals surface area contributed by atoms with Crippen LogP contribution in [-0.2, 0) is 0 Å². The molecule has 1 rings (SSSR count). The second kappa shape index (κ2) is 5.35. The van der Waals surface area contributed by atoms with Gasteiger partial charge in [0.05, 0.1) is 0 Å². The van der Waals surface area contributed by atoms with Crippen LogP contribution in [0.5, 0.6) is 0 Å². The minimum atomic E-state index is 0.892. The molecular weight excluding hydrogens is 206 g/mol. The predicted octanol–water partition coefficient (Wildman–Crippen LogP) is 2.46. The first-order valence-electron chi connectivity index (χ1n) is 4.31. The Morgan fingerprint density at radius 2 is 2.17 bits per heavy atom. The van der Waals surface area contributed by atoms with Gasteiger partial charge in [-0.3, -0.25) is 0 Å². The van der Waals surface area contributed by atoms with Gasteiger partial charge in [-0.05, 0) is 13.8 Å². The third kappa shape index (κ3) is 3.54. The molecule has 0 aromatic heterocycles. The highest BCUT2D eigenvalue weighted by atomic mass is 32.2. The molecule has 1 heterocycles. The molecule has 1 atom stereocenters. The molecule has 70 valence electrons. The lowest BCUT2D eigenvalue weighted by Crippen LogP contribution is -2.27. The smallest absolute Gasteiger partial charge is 0.136 e. The summed E-state index contributed by atoms with van der Waals surface area (Å²) in [5, 5.41) is 0.892. The summed E-state index contributed by atoms with van der Waals surface area (Å²) in [6, 6.07) is 0. The minimum absolute atomic E-state index is 0.892. The summed E-state index contributed by atoms with van der Waals surface area (Å²) in [5.41, 5.74) is 0. The van der Waals surface area contributed by atoms with Crippen LogP contribution in [0.3, 0.4) is 0 Å². The maximum Gasteiger partial charge on any atom is 0.136 e. The zero-order valence-corrected chi connectivity index (χ0v) is 10.0. The number of hydrogen-bond donors (Lipinski definition) is 0. The molecule has 0 aromatic carbocycles. The van der Waals surface area contributed by atoms with Crippen molar-refractivity contribution in [2.24, 2.45) is 0 Å². The molecule has 0 amide bonds. The van der Waals surface area contributed by atoms with Crippen LogP contribution in [0.2, 0.25) is 0 Å². The summed E-state index contributed by atoms with van der Waals surface area (Å²) in [4.78, 5) is 2.24. The summed E-state index contributed by atoms with van der Waals surface area (Å²) in [6.07, 6.45) is 0. The van der Waals surface area contributed by atoms with E-state index in [0.29, 0.717) is 0 Å². The quantitative estimate of drug-likeness (QED) is 0.530. The average molecular weight is 221 g/mol. The van der Waals surface area contributed by atoms with E-state index in [1.165, 1.54) is 11.5 Å². The molecule has 1 saturated heterocycles. The molecule has 12 heavy (non-hydrogen) atoms. The summed E-state index contributed by atoms with van der Waals surface area (Å²) in [6.45, 7) is 6.39. The number of hydrogen-bond acceptors (Lipinski definition) is 3. The second-order valence-corrected chi connectivity index (χ2v) is 5.69. The van der Waals surface area contributed by atoms with Crippen LogP contribution in [0.25, 0.3) is 0 Å². The van der Waals surface area contributed by atoms with E-state index in [-0.39, 0.29) is 0 Å². The fourth-order valence-corrected chi connectivity index (χ4v) is 3.24. The lowest BCUT2D eigenvalue weighted by atomic mass is 10.6. The molecule has 0 N–H and O–H groups in total. The van der Waals surface area contributed by atoms with Gasteiger partial charge < -0.3 is 4.90 Å². The van der Waals surface area contributed by atoms with Gasteiger partial charge in [0.15, 0.2) is 0 Å². The molecule has 1 aliphatic heterocycles. The zero-order valence-electron chi connectivity index (χ0n) is 7.58. The van der Waals surface area contributed by atoms with Gasteiger partial charge in [0.25, 0.3) is 0 Å². The normalized spacial score (nSPS) is 20.7. The summed E-state index contributed by atoms with van der Waals surface area (Å²) < 4.78 is 1.08. The maximum atomic E-state index is 5.30. The zero-order chi connectivity index (χ0) is 8.97. The summed E-state index contributed by atoms with van der Waals surface area (Å²) in [5.74, 6) is 2.55. The molecule has 0 saturated carbocycles. The van der Waals surface area contributed by atoms with Crippen molar-refractivity contribution in [2.45, 2.75) is 19.1 Å². The van der Waals surface area contributed by atoms with Gasteiger partial charge in [-0.15, -0.1) is 0 Å². The predicted molar refractivity (Wildman–Crippen MR) is 64.2 cm³/mol. The van der Waals surface area contributed by atoms with Crippen molar-refractivity contribution in [1.82, 2.24) is 4.90 Å². The molecule has 0 bridgehead atoms. The fourth-order valence-electron chi connectivity index (χ4n) is 0.902. The van der Waals surface area contributed by atoms with Crippen molar-refractivity contribution in [1.29, 1.82) is 0 Å². The molecule has 1 aliphatic rings. The monoisotopic (exact) mass is 221 g/mol. The van der Waals surface area contributed by atoms with Gasteiger partial charge in [0.2, 0.25) is 0 Å². The van der Waals surface area contributed by atoms with Crippen molar-refractivity contribution >= 4 is 40.1 Å². The first-order chi connectivity index (χ1) is 5.77. The molecular formula is C8H15NS3. The molecule has 0 spiro atoms. The molecule has 1 unspecified atom stereocenters. The SMILES string of the molecule is CCN(CC)C(=S)SCC1CS1. The van der Waals surface area contributed by atoms with Crippen LogP contribution < -0.4 is 0 Å². The fraction of sp³-hybridized carbons (Fsp3) is 0.875. The summed E-state index contributed by atoms with van der Waals surface area (Å²) >= 11 is 9.18. The van der Waals surface area contributed by atoms with Gasteiger partial charge >= 0.3 is 0 Å². The number of thiocarbonyl (C=S) groups is 1. The topological polar surface area (TPSA) is 3.24 Å². The largest absolute Gasteiger partial charge is 0.358 e. The van der Waals surface area contributed by atoms with E-state index in [2.05, 4.69) is 18.7 Å². The lowest BCUT2D eigenvalue weighted by Gasteiger charge is -2.20. The Kier molecular flexibility index (Phi) is 4.75. The van der Waals surface area contributed by atoms with E-state index in [1.807, 2.05) is 23.5 Å². The molecule has 0 aromatic rings. The van der Waals surface area contributed by atoms with Gasteiger partial charge in [0, 0.05) is 29.8 Å². The minimum Gasteiger partial charge on any atom is -0.358 e. The first kappa shape index (κ1) is 10.7. The molecule has 0 aliphatic carbocycles. The Hall–Kier alpha value is 0.590. The highest BCUT2D eigenvalue weighted by Gasteiger charge is 2.23. The van der Waals surface area contributed by atoms with Crippen LogP contribution in [0.4, 0.5) is 0 Å². The van der Waals surface area contributed by atoms with Crippen LogP contribution in [-0.4, -0.2) is 39.1 Å². The highest BCUT2D eigenvalue weighted by Crippen LogP contribution is 2.33.